The molecular formula is C23H19N7O3. The number of rotatable bonds is 5. The van der Waals surface area contributed by atoms with Crippen LogP contribution in [0.15, 0.2) is 77.0 Å². The lowest BCUT2D eigenvalue weighted by atomic mass is 10.1. The molecule has 2 aromatic heterocycles. The van der Waals surface area contributed by atoms with Crippen molar-refractivity contribution in [3.63, 3.8) is 0 Å². The Hall–Kier alpha value is -4.60. The van der Waals surface area contributed by atoms with Crippen molar-refractivity contribution in [2.45, 2.75) is 19.4 Å². The first-order valence-corrected chi connectivity index (χ1v) is 10.3. The zero-order valence-corrected chi connectivity index (χ0v) is 17.6. The minimum Gasteiger partial charge on any atom is -0.319 e. The molecule has 33 heavy (non-hydrogen) atoms. The number of para-hydroxylation sites is 3. The summed E-state index contributed by atoms with van der Waals surface area (Å²) in [6, 6.07) is 15.8. The maximum absolute atomic E-state index is 13.1. The van der Waals surface area contributed by atoms with E-state index in [1.807, 2.05) is 30.3 Å². The Morgan fingerprint density at radius 1 is 1.09 bits per heavy atom. The van der Waals surface area contributed by atoms with Crippen molar-refractivity contribution in [1.82, 2.24) is 19.7 Å². The van der Waals surface area contributed by atoms with Crippen molar-refractivity contribution in [3.8, 4) is 5.69 Å². The van der Waals surface area contributed by atoms with Crippen molar-refractivity contribution in [2.24, 2.45) is 5.10 Å². The van der Waals surface area contributed by atoms with Crippen LogP contribution in [0, 0.1) is 0 Å². The average molecular weight is 441 g/mol. The van der Waals surface area contributed by atoms with Gasteiger partial charge in [0, 0.05) is 6.42 Å². The highest BCUT2D eigenvalue weighted by molar-refractivity contribution is 6.44. The molecule has 5 rings (SSSR count). The van der Waals surface area contributed by atoms with Crippen LogP contribution in [0.2, 0.25) is 0 Å². The number of carbonyl (C=O) groups is 2. The molecule has 1 aliphatic heterocycles. The van der Waals surface area contributed by atoms with Crippen LogP contribution >= 0.6 is 0 Å². The molecule has 1 aliphatic rings. The molecule has 164 valence electrons. The highest BCUT2D eigenvalue weighted by Crippen LogP contribution is 2.27. The van der Waals surface area contributed by atoms with E-state index in [-0.39, 0.29) is 23.5 Å². The summed E-state index contributed by atoms with van der Waals surface area (Å²) in [6.45, 7) is 1.49. The number of anilines is 2. The fraction of sp³-hybridized carbons (Fsp3) is 0.130. The maximum Gasteiger partial charge on any atom is 0.272 e. The summed E-state index contributed by atoms with van der Waals surface area (Å²) in [6.07, 6.45) is 2.92. The second-order valence-corrected chi connectivity index (χ2v) is 7.55. The van der Waals surface area contributed by atoms with Crippen molar-refractivity contribution in [3.05, 3.63) is 77.5 Å². The standard InChI is InChI=1S/C23H19N7O3/c1-14(31)20-11-18(28-29(20)15-7-3-2-4-8-15)23(33)27-17-9-5-6-10-19(17)30-21-16(12-26-30)22(32)25-13-24-21/h2-10,12-13,20H,11H2,1H3,(H,27,33)(H,24,25,32). The fourth-order valence-electron chi connectivity index (χ4n) is 3.77. The van der Waals surface area contributed by atoms with Crippen LogP contribution in [0.4, 0.5) is 11.4 Å². The highest BCUT2D eigenvalue weighted by atomic mass is 16.2. The van der Waals surface area contributed by atoms with Crippen LogP contribution in [0.3, 0.4) is 0 Å². The van der Waals surface area contributed by atoms with Crippen molar-refractivity contribution in [1.29, 1.82) is 0 Å². The maximum atomic E-state index is 13.1. The number of aromatic amines is 1. The van der Waals surface area contributed by atoms with E-state index in [2.05, 4.69) is 25.5 Å². The molecule has 0 bridgehead atoms. The van der Waals surface area contributed by atoms with E-state index in [4.69, 9.17) is 0 Å². The topological polar surface area (TPSA) is 125 Å². The van der Waals surface area contributed by atoms with Gasteiger partial charge in [-0.05, 0) is 31.2 Å². The predicted octanol–water partition coefficient (Wildman–Crippen LogP) is 2.27. The Bertz CT molecular complexity index is 1460. The molecule has 2 N–H and O–H groups in total. The summed E-state index contributed by atoms with van der Waals surface area (Å²) >= 11 is 0. The van der Waals surface area contributed by atoms with Crippen LogP contribution in [0.1, 0.15) is 13.3 Å². The third-order valence-corrected chi connectivity index (χ3v) is 5.41. The van der Waals surface area contributed by atoms with Crippen LogP contribution in [-0.2, 0) is 9.59 Å². The molecule has 4 aromatic rings. The molecule has 0 radical (unpaired) electrons. The second kappa shape index (κ2) is 8.15. The summed E-state index contributed by atoms with van der Waals surface area (Å²) in [5.74, 6) is -0.500. The summed E-state index contributed by atoms with van der Waals surface area (Å²) < 4.78 is 1.49. The van der Waals surface area contributed by atoms with E-state index in [1.165, 1.54) is 24.1 Å². The zero-order valence-electron chi connectivity index (χ0n) is 17.6. The van der Waals surface area contributed by atoms with E-state index in [0.29, 0.717) is 22.4 Å². The van der Waals surface area contributed by atoms with Gasteiger partial charge in [0.2, 0.25) is 0 Å². The minimum atomic E-state index is -0.547. The van der Waals surface area contributed by atoms with Gasteiger partial charge in [0.15, 0.2) is 11.4 Å². The summed E-state index contributed by atoms with van der Waals surface area (Å²) in [5, 5.41) is 13.5. The number of benzene rings is 2. The first-order chi connectivity index (χ1) is 16.0. The Labute approximate surface area is 187 Å². The molecule has 0 saturated carbocycles. The molecule has 0 saturated heterocycles. The van der Waals surface area contributed by atoms with Gasteiger partial charge in [-0.15, -0.1) is 0 Å². The van der Waals surface area contributed by atoms with Crippen LogP contribution in [-0.4, -0.2) is 43.2 Å². The Balaban J connectivity index is 1.47. The second-order valence-electron chi connectivity index (χ2n) is 7.55. The lowest BCUT2D eigenvalue weighted by molar-refractivity contribution is -0.118. The van der Waals surface area contributed by atoms with E-state index in [0.717, 1.165) is 5.69 Å². The molecule has 10 nitrogen and oxygen atoms in total. The number of ketones is 1. The van der Waals surface area contributed by atoms with E-state index in [1.54, 1.807) is 29.3 Å². The number of aromatic nitrogens is 4. The first kappa shape index (κ1) is 20.3. The molecule has 1 atom stereocenters. The van der Waals surface area contributed by atoms with E-state index >= 15 is 0 Å². The van der Waals surface area contributed by atoms with Gasteiger partial charge in [0.05, 0.1) is 29.6 Å². The van der Waals surface area contributed by atoms with Gasteiger partial charge < -0.3 is 10.3 Å². The molecule has 0 fully saturated rings. The number of carbonyl (C=O) groups excluding carboxylic acids is 2. The first-order valence-electron chi connectivity index (χ1n) is 10.3. The van der Waals surface area contributed by atoms with Gasteiger partial charge in [-0.25, -0.2) is 9.67 Å². The van der Waals surface area contributed by atoms with Gasteiger partial charge >= 0.3 is 0 Å². The van der Waals surface area contributed by atoms with Crippen molar-refractivity contribution in [2.75, 3.05) is 10.3 Å². The molecule has 1 unspecified atom stereocenters. The number of hydrogen-bond acceptors (Lipinski definition) is 7. The lowest BCUT2D eigenvalue weighted by Gasteiger charge is -2.20. The van der Waals surface area contributed by atoms with Crippen LogP contribution < -0.4 is 15.9 Å². The molecule has 3 heterocycles. The Morgan fingerprint density at radius 3 is 2.64 bits per heavy atom. The van der Waals surface area contributed by atoms with Gasteiger partial charge in [-0.2, -0.15) is 10.2 Å². The number of H-pyrrole nitrogens is 1. The summed E-state index contributed by atoms with van der Waals surface area (Å²) in [7, 11) is 0. The SMILES string of the molecule is CC(=O)C1CC(C(=O)Nc2ccccc2-n2ncc3c(=O)[nH]cnc32)=NN1c1ccccc1. The summed E-state index contributed by atoms with van der Waals surface area (Å²) in [4.78, 5) is 44.1. The Kier molecular flexibility index (Phi) is 5.02. The largest absolute Gasteiger partial charge is 0.319 e. The Morgan fingerprint density at radius 2 is 1.85 bits per heavy atom. The normalized spacial score (nSPS) is 15.5. The van der Waals surface area contributed by atoms with Crippen molar-refractivity contribution < 1.29 is 9.59 Å². The van der Waals surface area contributed by atoms with Crippen LogP contribution in [0.25, 0.3) is 16.7 Å². The molecule has 0 spiro atoms. The van der Waals surface area contributed by atoms with Crippen LogP contribution in [0.5, 0.6) is 0 Å². The van der Waals surface area contributed by atoms with Gasteiger partial charge in [-0.1, -0.05) is 30.3 Å². The smallest absolute Gasteiger partial charge is 0.272 e. The third kappa shape index (κ3) is 3.67. The van der Waals surface area contributed by atoms with E-state index in [9.17, 15) is 14.4 Å². The third-order valence-electron chi connectivity index (χ3n) is 5.41. The van der Waals surface area contributed by atoms with E-state index < -0.39 is 11.9 Å². The number of hydrogen-bond donors (Lipinski definition) is 2. The fourth-order valence-corrected chi connectivity index (χ4v) is 3.77. The summed E-state index contributed by atoms with van der Waals surface area (Å²) in [5.41, 5.74) is 2.05. The number of hydrazone groups is 1. The number of Topliss-reactive ketones (excluding diaryl/α,β-unsaturated/α-hetero) is 1. The zero-order chi connectivity index (χ0) is 22.9. The highest BCUT2D eigenvalue weighted by Gasteiger charge is 2.34. The molecule has 10 heteroatoms. The average Bonchev–Trinajstić information content (AvgIpc) is 3.46. The number of amides is 1. The number of nitrogens with zero attached hydrogens (tertiary/aromatic N) is 5. The molecular weight excluding hydrogens is 422 g/mol. The quantitative estimate of drug-likeness (QED) is 0.489. The van der Waals surface area contributed by atoms with Gasteiger partial charge in [0.1, 0.15) is 17.1 Å². The number of fused-ring (bicyclic) bond motifs is 1. The monoisotopic (exact) mass is 441 g/mol. The lowest BCUT2D eigenvalue weighted by Crippen LogP contribution is -2.33. The van der Waals surface area contributed by atoms with Gasteiger partial charge in [-0.3, -0.25) is 19.4 Å². The molecule has 0 aliphatic carbocycles. The van der Waals surface area contributed by atoms with Crippen molar-refractivity contribution >= 4 is 39.8 Å². The minimum absolute atomic E-state index is 0.0786. The number of nitrogens with one attached hydrogen (secondary N) is 2. The predicted molar refractivity (Wildman–Crippen MR) is 124 cm³/mol. The van der Waals surface area contributed by atoms with Gasteiger partial charge in [0.25, 0.3) is 11.5 Å². The molecule has 1 amide bonds. The molecule has 2 aromatic carbocycles.